The molecule has 180 valence electrons. The van der Waals surface area contributed by atoms with Crippen molar-refractivity contribution >= 4 is 21.6 Å². The van der Waals surface area contributed by atoms with E-state index in [1.807, 2.05) is 24.3 Å². The molecule has 0 spiro atoms. The van der Waals surface area contributed by atoms with Gasteiger partial charge in [-0.3, -0.25) is 9.10 Å². The van der Waals surface area contributed by atoms with Crippen molar-refractivity contribution in [3.63, 3.8) is 0 Å². The molecule has 3 rings (SSSR count). The molecule has 0 saturated heterocycles. The molecular weight excluding hydrogens is 452 g/mol. The van der Waals surface area contributed by atoms with Crippen molar-refractivity contribution in [1.29, 1.82) is 0 Å². The Morgan fingerprint density at radius 3 is 2.24 bits per heavy atom. The van der Waals surface area contributed by atoms with E-state index in [9.17, 15) is 13.2 Å². The van der Waals surface area contributed by atoms with Gasteiger partial charge in [0, 0.05) is 0 Å². The molecular formula is C26H30N2O5S. The molecule has 0 aromatic heterocycles. The summed E-state index contributed by atoms with van der Waals surface area (Å²) < 4.78 is 38.8. The van der Waals surface area contributed by atoms with Crippen molar-refractivity contribution in [2.45, 2.75) is 24.7 Å². The van der Waals surface area contributed by atoms with Gasteiger partial charge >= 0.3 is 0 Å². The third-order valence-corrected chi connectivity index (χ3v) is 6.99. The number of sulfonamides is 1. The van der Waals surface area contributed by atoms with Crippen LogP contribution in [0.4, 0.5) is 5.69 Å². The zero-order valence-electron chi connectivity index (χ0n) is 19.6. The second-order valence-corrected chi connectivity index (χ2v) is 9.78. The van der Waals surface area contributed by atoms with E-state index in [2.05, 4.69) is 19.2 Å². The van der Waals surface area contributed by atoms with Gasteiger partial charge in [-0.15, -0.1) is 0 Å². The van der Waals surface area contributed by atoms with Crippen molar-refractivity contribution in [1.82, 2.24) is 5.32 Å². The van der Waals surface area contributed by atoms with Gasteiger partial charge in [-0.25, -0.2) is 8.42 Å². The number of anilines is 1. The third-order valence-electron chi connectivity index (χ3n) is 5.20. The van der Waals surface area contributed by atoms with E-state index in [0.29, 0.717) is 17.4 Å². The Morgan fingerprint density at radius 2 is 1.59 bits per heavy atom. The molecule has 0 aliphatic heterocycles. The maximum atomic E-state index is 13.3. The summed E-state index contributed by atoms with van der Waals surface area (Å²) in [6.45, 7) is 4.32. The molecule has 0 atom stereocenters. The summed E-state index contributed by atoms with van der Waals surface area (Å²) >= 11 is 0. The molecule has 1 N–H and O–H groups in total. The number of hydrogen-bond acceptors (Lipinski definition) is 5. The van der Waals surface area contributed by atoms with E-state index >= 15 is 0 Å². The first-order chi connectivity index (χ1) is 16.3. The van der Waals surface area contributed by atoms with Crippen LogP contribution in [0.25, 0.3) is 0 Å². The van der Waals surface area contributed by atoms with E-state index in [1.54, 1.807) is 42.5 Å². The maximum absolute atomic E-state index is 13.3. The van der Waals surface area contributed by atoms with Crippen molar-refractivity contribution in [2.24, 2.45) is 0 Å². The lowest BCUT2D eigenvalue weighted by atomic mass is 10.0. The number of carbonyl (C=O) groups is 1. The van der Waals surface area contributed by atoms with Gasteiger partial charge in [-0.05, 0) is 53.9 Å². The summed E-state index contributed by atoms with van der Waals surface area (Å²) in [5.41, 5.74) is 1.45. The first-order valence-corrected chi connectivity index (χ1v) is 12.5. The zero-order valence-corrected chi connectivity index (χ0v) is 20.4. The number of hydrogen-bond donors (Lipinski definition) is 1. The van der Waals surface area contributed by atoms with Gasteiger partial charge in [0.25, 0.3) is 10.0 Å². The molecule has 8 heteroatoms. The van der Waals surface area contributed by atoms with Crippen LogP contribution < -0.4 is 19.1 Å². The normalized spacial score (nSPS) is 11.2. The van der Waals surface area contributed by atoms with Gasteiger partial charge in [0.15, 0.2) is 0 Å². The molecule has 7 nitrogen and oxygen atoms in total. The minimum Gasteiger partial charge on any atom is -0.497 e. The first kappa shape index (κ1) is 25.1. The molecule has 0 bridgehead atoms. The quantitative estimate of drug-likeness (QED) is 0.414. The second-order valence-electron chi connectivity index (χ2n) is 7.91. The van der Waals surface area contributed by atoms with Crippen molar-refractivity contribution in [2.75, 3.05) is 31.1 Å². The van der Waals surface area contributed by atoms with Crippen LogP contribution in [-0.2, 0) is 14.8 Å². The number of ether oxygens (including phenoxy) is 2. The lowest BCUT2D eigenvalue weighted by Gasteiger charge is -2.24. The van der Waals surface area contributed by atoms with Gasteiger partial charge in [0.2, 0.25) is 5.91 Å². The molecule has 3 aromatic rings. The summed E-state index contributed by atoms with van der Waals surface area (Å²) in [6.07, 6.45) is 0. The number of para-hydroxylation sites is 1. The summed E-state index contributed by atoms with van der Waals surface area (Å²) in [4.78, 5) is 12.8. The van der Waals surface area contributed by atoms with E-state index in [-0.39, 0.29) is 24.6 Å². The SMILES string of the molecule is COc1ccc(N(CC(=O)NCCOc2ccccc2C(C)C)S(=O)(=O)c2ccccc2)cc1. The fourth-order valence-electron chi connectivity index (χ4n) is 3.41. The predicted molar refractivity (Wildman–Crippen MR) is 133 cm³/mol. The monoisotopic (exact) mass is 482 g/mol. The van der Waals surface area contributed by atoms with E-state index in [0.717, 1.165) is 15.6 Å². The van der Waals surface area contributed by atoms with Crippen LogP contribution in [-0.4, -0.2) is 41.1 Å². The van der Waals surface area contributed by atoms with E-state index in [4.69, 9.17) is 9.47 Å². The van der Waals surface area contributed by atoms with Gasteiger partial charge in [-0.2, -0.15) is 0 Å². The third kappa shape index (κ3) is 6.29. The van der Waals surface area contributed by atoms with Crippen LogP contribution in [0, 0.1) is 0 Å². The fraction of sp³-hybridized carbons (Fsp3) is 0.269. The lowest BCUT2D eigenvalue weighted by molar-refractivity contribution is -0.119. The van der Waals surface area contributed by atoms with Gasteiger partial charge in [-0.1, -0.05) is 50.2 Å². The summed E-state index contributed by atoms with van der Waals surface area (Å²) in [5, 5.41) is 2.75. The lowest BCUT2D eigenvalue weighted by Crippen LogP contribution is -2.41. The highest BCUT2D eigenvalue weighted by atomic mass is 32.2. The molecule has 0 aliphatic rings. The number of amides is 1. The van der Waals surface area contributed by atoms with Crippen LogP contribution in [0.15, 0.2) is 83.8 Å². The summed E-state index contributed by atoms with van der Waals surface area (Å²) in [7, 11) is -2.43. The Morgan fingerprint density at radius 1 is 0.941 bits per heavy atom. The fourth-order valence-corrected chi connectivity index (χ4v) is 4.85. The Bertz CT molecular complexity index is 1180. The van der Waals surface area contributed by atoms with E-state index in [1.165, 1.54) is 19.2 Å². The molecule has 3 aromatic carbocycles. The van der Waals surface area contributed by atoms with Crippen LogP contribution in [0.2, 0.25) is 0 Å². The predicted octanol–water partition coefficient (Wildman–Crippen LogP) is 4.21. The van der Waals surface area contributed by atoms with Crippen molar-refractivity contribution < 1.29 is 22.7 Å². The Hall–Kier alpha value is -3.52. The maximum Gasteiger partial charge on any atom is 0.264 e. The number of carbonyl (C=O) groups excluding carboxylic acids is 1. The standard InChI is InChI=1S/C26H30N2O5S/c1-20(2)24-11-7-8-12-25(24)33-18-17-27-26(29)19-28(21-13-15-22(32-3)16-14-21)34(30,31)23-9-5-4-6-10-23/h4-16,20H,17-19H2,1-3H3,(H,27,29). The highest BCUT2D eigenvalue weighted by Crippen LogP contribution is 2.26. The average Bonchev–Trinajstić information content (AvgIpc) is 2.86. The van der Waals surface area contributed by atoms with Crippen LogP contribution in [0.1, 0.15) is 25.3 Å². The van der Waals surface area contributed by atoms with Crippen LogP contribution in [0.5, 0.6) is 11.5 Å². The topological polar surface area (TPSA) is 84.9 Å². The number of methoxy groups -OCH3 is 1. The minimum absolute atomic E-state index is 0.104. The highest BCUT2D eigenvalue weighted by Gasteiger charge is 2.27. The molecule has 0 unspecified atom stereocenters. The largest absolute Gasteiger partial charge is 0.497 e. The van der Waals surface area contributed by atoms with Crippen LogP contribution >= 0.6 is 0 Å². The number of nitrogens with zero attached hydrogens (tertiary/aromatic N) is 1. The number of rotatable bonds is 11. The van der Waals surface area contributed by atoms with Crippen LogP contribution in [0.3, 0.4) is 0 Å². The molecule has 0 heterocycles. The Balaban J connectivity index is 1.69. The molecule has 0 fully saturated rings. The molecule has 34 heavy (non-hydrogen) atoms. The Labute approximate surface area is 201 Å². The van der Waals surface area contributed by atoms with Gasteiger partial charge < -0.3 is 14.8 Å². The smallest absolute Gasteiger partial charge is 0.264 e. The Kier molecular flexibility index (Phi) is 8.54. The average molecular weight is 483 g/mol. The molecule has 0 saturated carbocycles. The number of nitrogens with one attached hydrogen (secondary N) is 1. The van der Waals surface area contributed by atoms with Crippen molar-refractivity contribution in [3.8, 4) is 11.5 Å². The first-order valence-electron chi connectivity index (χ1n) is 11.0. The second kappa shape index (κ2) is 11.6. The van der Waals surface area contributed by atoms with Crippen molar-refractivity contribution in [3.05, 3.63) is 84.4 Å². The molecule has 0 radical (unpaired) electrons. The van der Waals surface area contributed by atoms with Gasteiger partial charge in [0.1, 0.15) is 24.7 Å². The highest BCUT2D eigenvalue weighted by molar-refractivity contribution is 7.92. The zero-order chi connectivity index (χ0) is 24.6. The number of benzene rings is 3. The molecule has 0 aliphatic carbocycles. The van der Waals surface area contributed by atoms with E-state index < -0.39 is 15.9 Å². The summed E-state index contributed by atoms with van der Waals surface area (Å²) in [5.74, 6) is 1.24. The summed E-state index contributed by atoms with van der Waals surface area (Å²) in [6, 6.07) is 22.3. The molecule has 1 amide bonds. The van der Waals surface area contributed by atoms with Gasteiger partial charge in [0.05, 0.1) is 24.2 Å². The minimum atomic E-state index is -3.96.